The summed E-state index contributed by atoms with van der Waals surface area (Å²) in [6.45, 7) is 15.9. The smallest absolute Gasteiger partial charge is 0.436 e. The maximum atomic E-state index is 14.8. The van der Waals surface area contributed by atoms with Crippen LogP contribution < -0.4 is 16.1 Å². The van der Waals surface area contributed by atoms with E-state index in [1.54, 1.807) is 20.8 Å². The molecule has 374 valence electrons. The van der Waals surface area contributed by atoms with Crippen molar-refractivity contribution in [2.45, 2.75) is 108 Å². The van der Waals surface area contributed by atoms with Gasteiger partial charge in [-0.3, -0.25) is 4.79 Å². The van der Waals surface area contributed by atoms with E-state index in [1.807, 2.05) is 140 Å². The molecule has 0 unspecified atom stereocenters. The zero-order valence-corrected chi connectivity index (χ0v) is 42.6. The molecule has 0 aromatic heterocycles. The summed E-state index contributed by atoms with van der Waals surface area (Å²) in [6.07, 6.45) is -2.55. The zero-order chi connectivity index (χ0) is 51.2. The Labute approximate surface area is 416 Å². The van der Waals surface area contributed by atoms with Gasteiger partial charge >= 0.3 is 18.2 Å². The number of rotatable bonds is 17. The van der Waals surface area contributed by atoms with E-state index in [9.17, 15) is 29.5 Å². The summed E-state index contributed by atoms with van der Waals surface area (Å²) in [5.74, 6) is -3.29. The topological polar surface area (TPSA) is 197 Å². The van der Waals surface area contributed by atoms with Gasteiger partial charge in [0.25, 0.3) is 0 Å². The van der Waals surface area contributed by atoms with E-state index in [1.165, 1.54) is 0 Å². The van der Waals surface area contributed by atoms with Crippen molar-refractivity contribution in [2.24, 2.45) is 11.1 Å². The first kappa shape index (κ1) is 51.8. The standard InChI is InChI=1S/C55H65N5O10Si/c1-52(2,3)69-50(64)57-54(33-37(34-54)35-68-71(7,8)53(4,5)6)49(58-66)59-70-60(51(65)67-36-45-43-30-20-18-28-41(43)42-29-19-21-31-44(42)45)46(48(62)63)32-47(61)56-55(38-22-12-9-13-23-38,39-24-14-10-15-25-39)40-26-16-11-17-27-40/h9-31,37,45-46,66H,32-36H2,1-8H3,(H,56,61)(H,57,64)(H,58,59)(H,62,63)/t37?,46-,54?/m0/s1. The van der Waals surface area contributed by atoms with E-state index < -0.39 is 67.4 Å². The van der Waals surface area contributed by atoms with E-state index in [0.29, 0.717) is 28.4 Å². The van der Waals surface area contributed by atoms with Crippen LogP contribution in [-0.2, 0) is 34.0 Å². The van der Waals surface area contributed by atoms with Crippen LogP contribution in [-0.4, -0.2) is 84.0 Å². The molecule has 7 rings (SSSR count). The Balaban J connectivity index is 1.21. The number of carbonyl (C=O) groups is 4. The molecule has 0 saturated heterocycles. The second-order valence-corrected chi connectivity index (χ2v) is 25.6. The first-order valence-corrected chi connectivity index (χ1v) is 26.7. The molecule has 71 heavy (non-hydrogen) atoms. The van der Waals surface area contributed by atoms with Gasteiger partial charge in [0.05, 0.1) is 6.42 Å². The molecular weight excluding hydrogens is 919 g/mol. The van der Waals surface area contributed by atoms with Crippen molar-refractivity contribution in [3.05, 3.63) is 167 Å². The van der Waals surface area contributed by atoms with Gasteiger partial charge in [-0.15, -0.1) is 10.0 Å². The van der Waals surface area contributed by atoms with E-state index in [2.05, 4.69) is 55.1 Å². The molecule has 15 nitrogen and oxygen atoms in total. The lowest BCUT2D eigenvalue weighted by Gasteiger charge is -2.49. The van der Waals surface area contributed by atoms with Crippen LogP contribution in [0.3, 0.4) is 0 Å². The third-order valence-electron chi connectivity index (χ3n) is 13.7. The number of benzene rings is 5. The van der Waals surface area contributed by atoms with Gasteiger partial charge in [-0.25, -0.2) is 19.9 Å². The van der Waals surface area contributed by atoms with E-state index in [0.717, 1.165) is 22.3 Å². The number of nitrogens with zero attached hydrogens (tertiary/aromatic N) is 2. The van der Waals surface area contributed by atoms with Crippen molar-refractivity contribution in [2.75, 3.05) is 13.2 Å². The van der Waals surface area contributed by atoms with Crippen molar-refractivity contribution in [1.29, 1.82) is 0 Å². The maximum absolute atomic E-state index is 14.8. The molecule has 0 bridgehead atoms. The van der Waals surface area contributed by atoms with Gasteiger partial charge in [0.2, 0.25) is 5.91 Å². The van der Waals surface area contributed by atoms with Crippen molar-refractivity contribution in [3.63, 3.8) is 0 Å². The van der Waals surface area contributed by atoms with Crippen LogP contribution in [0.4, 0.5) is 9.59 Å². The van der Waals surface area contributed by atoms with E-state index in [4.69, 9.17) is 18.8 Å². The minimum atomic E-state index is -2.18. The van der Waals surface area contributed by atoms with Gasteiger partial charge in [0, 0.05) is 12.5 Å². The third-order valence-corrected chi connectivity index (χ3v) is 18.2. The SMILES string of the molecule is CC(C)(C)OC(=O)NC1(/C(=N/O)NON(C(=O)OCC2c3ccccc3-c3ccccc32)[C@@H](CC(=O)NC(c2ccccc2)(c2ccccc2)c2ccccc2)C(=O)O)CC(CO[Si](C)(C)C(C)(C)C)C1. The monoisotopic (exact) mass is 983 g/mol. The Morgan fingerprint density at radius 3 is 1.66 bits per heavy atom. The van der Waals surface area contributed by atoms with Crippen LogP contribution >= 0.6 is 0 Å². The number of hydrogen-bond acceptors (Lipinski definition) is 10. The van der Waals surface area contributed by atoms with Crippen LogP contribution in [0.25, 0.3) is 11.1 Å². The Morgan fingerprint density at radius 2 is 1.21 bits per heavy atom. The quantitative estimate of drug-likeness (QED) is 0.0148. The predicted octanol–water partition coefficient (Wildman–Crippen LogP) is 10.1. The largest absolute Gasteiger partial charge is 0.480 e. The Bertz CT molecular complexity index is 2560. The Morgan fingerprint density at radius 1 is 0.732 bits per heavy atom. The summed E-state index contributed by atoms with van der Waals surface area (Å²) >= 11 is 0. The third kappa shape index (κ3) is 11.5. The Kier molecular flexibility index (Phi) is 15.4. The Hall–Kier alpha value is -7.01. The van der Waals surface area contributed by atoms with Gasteiger partial charge in [0.15, 0.2) is 20.2 Å². The van der Waals surface area contributed by atoms with Crippen molar-refractivity contribution < 1.29 is 48.3 Å². The molecule has 2 aliphatic carbocycles. The number of carboxylic acid groups (broad SMARTS) is 1. The van der Waals surface area contributed by atoms with Crippen LogP contribution in [0.15, 0.2) is 145 Å². The normalized spacial score (nSPS) is 17.4. The second-order valence-electron chi connectivity index (χ2n) is 20.8. The van der Waals surface area contributed by atoms with Crippen LogP contribution in [0.5, 0.6) is 0 Å². The fourth-order valence-electron chi connectivity index (χ4n) is 9.12. The number of hydrogen-bond donors (Lipinski definition) is 5. The highest BCUT2D eigenvalue weighted by Crippen LogP contribution is 2.45. The van der Waals surface area contributed by atoms with Gasteiger partial charge < -0.3 is 34.8 Å². The highest BCUT2D eigenvalue weighted by atomic mass is 28.4. The number of aliphatic carboxylic acids is 1. The second kappa shape index (κ2) is 21.1. The van der Waals surface area contributed by atoms with Crippen molar-refractivity contribution in [1.82, 2.24) is 21.2 Å². The summed E-state index contributed by atoms with van der Waals surface area (Å²) in [6, 6.07) is 41.3. The highest BCUT2D eigenvalue weighted by Gasteiger charge is 2.53. The van der Waals surface area contributed by atoms with Gasteiger partial charge in [-0.2, -0.15) is 0 Å². The number of amides is 3. The van der Waals surface area contributed by atoms with Crippen LogP contribution in [0.2, 0.25) is 18.1 Å². The van der Waals surface area contributed by atoms with Crippen molar-refractivity contribution >= 4 is 38.2 Å². The number of amidine groups is 1. The molecule has 0 heterocycles. The zero-order valence-electron chi connectivity index (χ0n) is 41.6. The first-order valence-electron chi connectivity index (χ1n) is 23.8. The number of carboxylic acids is 1. The predicted molar refractivity (Wildman–Crippen MR) is 272 cm³/mol. The summed E-state index contributed by atoms with van der Waals surface area (Å²) in [4.78, 5) is 62.3. The average Bonchev–Trinajstić information content (AvgIpc) is 3.64. The number of fused-ring (bicyclic) bond motifs is 3. The molecule has 1 saturated carbocycles. The molecule has 2 aliphatic rings. The molecule has 5 N–H and O–H groups in total. The number of hydroxylamine groups is 3. The molecule has 3 amide bonds. The number of nitrogens with one attached hydrogen (secondary N) is 3. The molecule has 0 radical (unpaired) electrons. The molecule has 5 aromatic rings. The highest BCUT2D eigenvalue weighted by molar-refractivity contribution is 6.74. The first-order chi connectivity index (χ1) is 33.7. The number of ether oxygens (including phenoxy) is 2. The molecule has 0 aliphatic heterocycles. The lowest BCUT2D eigenvalue weighted by Crippen LogP contribution is -2.67. The summed E-state index contributed by atoms with van der Waals surface area (Å²) in [7, 11) is -2.18. The van der Waals surface area contributed by atoms with Gasteiger partial charge in [0.1, 0.15) is 23.3 Å². The minimum Gasteiger partial charge on any atom is -0.480 e. The van der Waals surface area contributed by atoms with Crippen LogP contribution in [0.1, 0.15) is 94.5 Å². The van der Waals surface area contributed by atoms with Crippen LogP contribution in [0, 0.1) is 5.92 Å². The van der Waals surface area contributed by atoms with Gasteiger partial charge in [-0.05, 0) is 96.6 Å². The van der Waals surface area contributed by atoms with E-state index in [-0.39, 0.29) is 36.2 Å². The molecule has 1 fully saturated rings. The van der Waals surface area contributed by atoms with Gasteiger partial charge in [-0.1, -0.05) is 165 Å². The molecule has 0 spiro atoms. The molecular formula is C55H65N5O10Si. The summed E-state index contributed by atoms with van der Waals surface area (Å²) in [5.41, 5.74) is 4.62. The van der Waals surface area contributed by atoms with E-state index >= 15 is 0 Å². The summed E-state index contributed by atoms with van der Waals surface area (Å²) in [5, 5.41) is 31.5. The molecule has 5 aromatic carbocycles. The van der Waals surface area contributed by atoms with Crippen molar-refractivity contribution in [3.8, 4) is 11.1 Å². The number of alkyl carbamates (subject to hydrolysis) is 1. The number of oxime groups is 1. The fraction of sp³-hybridized carbons (Fsp3) is 0.364. The maximum Gasteiger partial charge on any atom is 0.436 e. The average molecular weight is 984 g/mol. The lowest BCUT2D eigenvalue weighted by atomic mass is 9.68. The number of carbonyl (C=O) groups excluding carboxylic acids is 3. The summed E-state index contributed by atoms with van der Waals surface area (Å²) < 4.78 is 18.1. The lowest BCUT2D eigenvalue weighted by molar-refractivity contribution is -0.204. The molecule has 1 atom stereocenters. The minimum absolute atomic E-state index is 0.0674. The fourth-order valence-corrected chi connectivity index (χ4v) is 10.2. The molecule has 16 heteroatoms.